The van der Waals surface area contributed by atoms with Gasteiger partial charge in [-0.05, 0) is 30.9 Å². The molecule has 9 heteroatoms. The van der Waals surface area contributed by atoms with E-state index in [2.05, 4.69) is 27.8 Å². The monoisotopic (exact) mass is 421 g/mol. The van der Waals surface area contributed by atoms with Crippen molar-refractivity contribution in [1.82, 2.24) is 25.4 Å². The minimum atomic E-state index is -0.431. The van der Waals surface area contributed by atoms with Gasteiger partial charge in [-0.25, -0.2) is 4.79 Å². The molecule has 0 spiro atoms. The van der Waals surface area contributed by atoms with E-state index in [4.69, 9.17) is 11.6 Å². The Kier molecular flexibility index (Phi) is 6.96. The summed E-state index contributed by atoms with van der Waals surface area (Å²) >= 11 is 7.44. The van der Waals surface area contributed by atoms with Gasteiger partial charge in [-0.15, -0.1) is 10.2 Å². The van der Waals surface area contributed by atoms with Crippen LogP contribution in [0.3, 0.4) is 0 Å². The quantitative estimate of drug-likeness (QED) is 0.719. The maximum Gasteiger partial charge on any atom is 0.321 e. The largest absolute Gasteiger partial charge is 0.335 e. The lowest BCUT2D eigenvalue weighted by atomic mass is 9.86. The van der Waals surface area contributed by atoms with Crippen LogP contribution in [-0.4, -0.2) is 38.5 Å². The highest BCUT2D eigenvalue weighted by Gasteiger charge is 2.23. The van der Waals surface area contributed by atoms with Crippen molar-refractivity contribution in [2.24, 2.45) is 13.0 Å². The molecule has 0 unspecified atom stereocenters. The molecule has 0 radical (unpaired) electrons. The Morgan fingerprint density at radius 3 is 2.75 bits per heavy atom. The van der Waals surface area contributed by atoms with Crippen molar-refractivity contribution < 1.29 is 9.59 Å². The van der Waals surface area contributed by atoms with Crippen LogP contribution in [0.15, 0.2) is 29.4 Å². The van der Waals surface area contributed by atoms with Crippen molar-refractivity contribution >= 4 is 35.3 Å². The first-order valence-corrected chi connectivity index (χ1v) is 10.7. The SMILES string of the molecule is C[C@H]1CCCC[C@@H]1NC(=O)NC(=O)CSc1nnc(-c2ccccc2Cl)n1C. The topological polar surface area (TPSA) is 88.9 Å². The summed E-state index contributed by atoms with van der Waals surface area (Å²) in [5.41, 5.74) is 0.774. The molecule has 3 rings (SSSR count). The second-order valence-electron chi connectivity index (χ2n) is 7.02. The van der Waals surface area contributed by atoms with Crippen LogP contribution >= 0.6 is 23.4 Å². The second kappa shape index (κ2) is 9.43. The predicted molar refractivity (Wildman–Crippen MR) is 110 cm³/mol. The van der Waals surface area contributed by atoms with Crippen LogP contribution < -0.4 is 10.6 Å². The molecule has 2 N–H and O–H groups in total. The van der Waals surface area contributed by atoms with Gasteiger partial charge in [0.1, 0.15) is 0 Å². The molecule has 1 aromatic carbocycles. The fraction of sp³-hybridized carbons (Fsp3) is 0.474. The van der Waals surface area contributed by atoms with E-state index in [-0.39, 0.29) is 17.7 Å². The molecular formula is C19H24ClN5O2S. The standard InChI is InChI=1S/C19H24ClN5O2S/c1-12-7-3-6-10-15(12)21-18(27)22-16(26)11-28-19-24-23-17(25(19)2)13-8-4-5-9-14(13)20/h4-5,8-9,12,15H,3,6-7,10-11H2,1-2H3,(H2,21,22,26,27)/t12-,15-/m0/s1. The zero-order chi connectivity index (χ0) is 20.1. The second-order valence-corrected chi connectivity index (χ2v) is 8.37. The number of urea groups is 1. The van der Waals surface area contributed by atoms with Crippen molar-refractivity contribution in [3.05, 3.63) is 29.3 Å². The van der Waals surface area contributed by atoms with Gasteiger partial charge in [0, 0.05) is 18.7 Å². The fourth-order valence-corrected chi connectivity index (χ4v) is 4.28. The summed E-state index contributed by atoms with van der Waals surface area (Å²) in [6, 6.07) is 7.08. The summed E-state index contributed by atoms with van der Waals surface area (Å²) in [5.74, 6) is 0.763. The number of benzene rings is 1. The van der Waals surface area contributed by atoms with E-state index in [0.717, 1.165) is 24.8 Å². The smallest absolute Gasteiger partial charge is 0.321 e. The Morgan fingerprint density at radius 1 is 1.25 bits per heavy atom. The van der Waals surface area contributed by atoms with Crippen LogP contribution in [0.4, 0.5) is 4.79 Å². The molecule has 1 aliphatic rings. The molecule has 0 aliphatic heterocycles. The van der Waals surface area contributed by atoms with Crippen LogP contribution in [0.2, 0.25) is 5.02 Å². The van der Waals surface area contributed by atoms with E-state index in [0.29, 0.717) is 21.9 Å². The van der Waals surface area contributed by atoms with Crippen LogP contribution in [0, 0.1) is 5.92 Å². The van der Waals surface area contributed by atoms with Gasteiger partial charge in [-0.1, -0.05) is 55.3 Å². The predicted octanol–water partition coefficient (Wildman–Crippen LogP) is 3.63. The molecule has 1 fully saturated rings. The Bertz CT molecular complexity index is 857. The first-order chi connectivity index (χ1) is 13.5. The Morgan fingerprint density at radius 2 is 2.00 bits per heavy atom. The molecule has 1 aliphatic carbocycles. The Balaban J connectivity index is 1.52. The molecule has 1 aromatic heterocycles. The van der Waals surface area contributed by atoms with Gasteiger partial charge in [0.15, 0.2) is 11.0 Å². The van der Waals surface area contributed by atoms with Crippen molar-refractivity contribution in [2.45, 2.75) is 43.8 Å². The molecule has 2 aromatic rings. The number of amides is 3. The number of nitrogens with one attached hydrogen (secondary N) is 2. The van der Waals surface area contributed by atoms with Gasteiger partial charge in [0.05, 0.1) is 10.8 Å². The molecule has 1 saturated carbocycles. The number of thioether (sulfide) groups is 1. The number of hydrogen-bond acceptors (Lipinski definition) is 5. The highest BCUT2D eigenvalue weighted by molar-refractivity contribution is 7.99. The number of rotatable bonds is 5. The fourth-order valence-electron chi connectivity index (χ4n) is 3.35. The molecule has 0 saturated heterocycles. The summed E-state index contributed by atoms with van der Waals surface area (Å²) in [6.45, 7) is 2.13. The number of halogens is 1. The van der Waals surface area contributed by atoms with Gasteiger partial charge in [-0.2, -0.15) is 0 Å². The zero-order valence-electron chi connectivity index (χ0n) is 15.9. The molecule has 28 heavy (non-hydrogen) atoms. The van der Waals surface area contributed by atoms with Crippen molar-refractivity contribution in [2.75, 3.05) is 5.75 Å². The Hall–Kier alpha value is -2.06. The van der Waals surface area contributed by atoms with Crippen LogP contribution in [-0.2, 0) is 11.8 Å². The molecule has 0 bridgehead atoms. The molecule has 150 valence electrons. The van der Waals surface area contributed by atoms with Gasteiger partial charge in [0.2, 0.25) is 5.91 Å². The van der Waals surface area contributed by atoms with Crippen LogP contribution in [0.5, 0.6) is 0 Å². The number of carbonyl (C=O) groups is 2. The normalized spacial score (nSPS) is 19.2. The maximum absolute atomic E-state index is 12.1. The van der Waals surface area contributed by atoms with E-state index < -0.39 is 6.03 Å². The number of imide groups is 1. The molecular weight excluding hydrogens is 398 g/mol. The zero-order valence-corrected chi connectivity index (χ0v) is 17.5. The summed E-state index contributed by atoms with van der Waals surface area (Å²) in [6.07, 6.45) is 4.37. The maximum atomic E-state index is 12.1. The molecule has 7 nitrogen and oxygen atoms in total. The third-order valence-electron chi connectivity index (χ3n) is 4.96. The van der Waals surface area contributed by atoms with E-state index in [1.54, 1.807) is 10.6 Å². The lowest BCUT2D eigenvalue weighted by Crippen LogP contribution is -2.48. The highest BCUT2D eigenvalue weighted by atomic mass is 35.5. The van der Waals surface area contributed by atoms with Gasteiger partial charge in [0.25, 0.3) is 0 Å². The lowest BCUT2D eigenvalue weighted by Gasteiger charge is -2.29. The average molecular weight is 422 g/mol. The van der Waals surface area contributed by atoms with Gasteiger partial charge >= 0.3 is 6.03 Å². The highest BCUT2D eigenvalue weighted by Crippen LogP contribution is 2.28. The molecule has 1 heterocycles. The summed E-state index contributed by atoms with van der Waals surface area (Å²) < 4.78 is 1.78. The third-order valence-corrected chi connectivity index (χ3v) is 6.31. The number of nitrogens with zero attached hydrogens (tertiary/aromatic N) is 3. The summed E-state index contributed by atoms with van der Waals surface area (Å²) in [5, 5.41) is 14.8. The van der Waals surface area contributed by atoms with Crippen LogP contribution in [0.1, 0.15) is 32.6 Å². The number of hydrogen-bond donors (Lipinski definition) is 2. The molecule has 3 amide bonds. The van der Waals surface area contributed by atoms with E-state index in [1.807, 2.05) is 25.2 Å². The van der Waals surface area contributed by atoms with Gasteiger partial charge < -0.3 is 9.88 Å². The van der Waals surface area contributed by atoms with Crippen molar-refractivity contribution in [3.63, 3.8) is 0 Å². The third kappa shape index (κ3) is 5.05. The number of aromatic nitrogens is 3. The van der Waals surface area contributed by atoms with E-state index >= 15 is 0 Å². The first kappa shape index (κ1) is 20.7. The van der Waals surface area contributed by atoms with E-state index in [9.17, 15) is 9.59 Å². The minimum absolute atomic E-state index is 0.0716. The average Bonchev–Trinajstić information content (AvgIpc) is 3.03. The first-order valence-electron chi connectivity index (χ1n) is 9.33. The van der Waals surface area contributed by atoms with Crippen LogP contribution in [0.25, 0.3) is 11.4 Å². The van der Waals surface area contributed by atoms with E-state index in [1.165, 1.54) is 18.2 Å². The Labute approximate surface area is 173 Å². The summed E-state index contributed by atoms with van der Waals surface area (Å²) in [7, 11) is 1.82. The van der Waals surface area contributed by atoms with Gasteiger partial charge in [-0.3, -0.25) is 10.1 Å². The summed E-state index contributed by atoms with van der Waals surface area (Å²) in [4.78, 5) is 24.2. The van der Waals surface area contributed by atoms with Crippen molar-refractivity contribution in [1.29, 1.82) is 0 Å². The number of carbonyl (C=O) groups excluding carboxylic acids is 2. The lowest BCUT2D eigenvalue weighted by molar-refractivity contribution is -0.117. The minimum Gasteiger partial charge on any atom is -0.335 e. The van der Waals surface area contributed by atoms with Crippen molar-refractivity contribution in [3.8, 4) is 11.4 Å². The molecule has 2 atom stereocenters.